The van der Waals surface area contributed by atoms with E-state index in [1.165, 1.54) is 17.8 Å². The highest BCUT2D eigenvalue weighted by molar-refractivity contribution is 8.15. The van der Waals surface area contributed by atoms with E-state index in [2.05, 4.69) is 10.3 Å². The SMILES string of the molecule is O=C(c1cccc(NC2=N[C@H]3CS(=O)(=O)C[C@@H]3S2)c1)N1CCN(c2ccccc2F)CC1. The number of fused-ring (bicyclic) bond motifs is 1. The van der Waals surface area contributed by atoms with E-state index >= 15 is 0 Å². The van der Waals surface area contributed by atoms with E-state index in [-0.39, 0.29) is 34.5 Å². The summed E-state index contributed by atoms with van der Waals surface area (Å²) >= 11 is 1.45. The second kappa shape index (κ2) is 8.40. The molecule has 0 aromatic heterocycles. The minimum Gasteiger partial charge on any atom is -0.366 e. The topological polar surface area (TPSA) is 82.1 Å². The lowest BCUT2D eigenvalue weighted by Crippen LogP contribution is -2.49. The molecule has 168 valence electrons. The van der Waals surface area contributed by atoms with Crippen LogP contribution >= 0.6 is 11.8 Å². The van der Waals surface area contributed by atoms with Crippen LogP contribution in [-0.4, -0.2) is 73.4 Å². The van der Waals surface area contributed by atoms with Gasteiger partial charge < -0.3 is 15.1 Å². The Kier molecular flexibility index (Phi) is 5.58. The number of halogens is 1. The minimum absolute atomic E-state index is 0.0296. The number of anilines is 2. The zero-order chi connectivity index (χ0) is 22.3. The molecule has 3 aliphatic heterocycles. The quantitative estimate of drug-likeness (QED) is 0.736. The van der Waals surface area contributed by atoms with Crippen LogP contribution in [0, 0.1) is 5.82 Å². The first-order chi connectivity index (χ1) is 15.4. The Balaban J connectivity index is 1.22. The van der Waals surface area contributed by atoms with Crippen molar-refractivity contribution in [2.45, 2.75) is 11.3 Å². The molecule has 0 radical (unpaired) electrons. The van der Waals surface area contributed by atoms with Gasteiger partial charge in [0, 0.05) is 42.7 Å². The lowest BCUT2D eigenvalue weighted by Gasteiger charge is -2.36. The maximum atomic E-state index is 14.0. The van der Waals surface area contributed by atoms with Crippen LogP contribution in [0.3, 0.4) is 0 Å². The highest BCUT2D eigenvalue weighted by atomic mass is 32.2. The van der Waals surface area contributed by atoms with Gasteiger partial charge in [-0.05, 0) is 30.3 Å². The number of carbonyl (C=O) groups excluding carboxylic acids is 1. The Morgan fingerprint density at radius 2 is 1.84 bits per heavy atom. The minimum atomic E-state index is -2.99. The number of piperazine rings is 1. The van der Waals surface area contributed by atoms with Gasteiger partial charge in [0.2, 0.25) is 0 Å². The van der Waals surface area contributed by atoms with Crippen LogP contribution < -0.4 is 10.2 Å². The summed E-state index contributed by atoms with van der Waals surface area (Å²) in [6.45, 7) is 2.18. The van der Waals surface area contributed by atoms with Gasteiger partial charge in [-0.2, -0.15) is 0 Å². The van der Waals surface area contributed by atoms with E-state index in [9.17, 15) is 17.6 Å². The second-order valence-electron chi connectivity index (χ2n) is 8.17. The van der Waals surface area contributed by atoms with Crippen molar-refractivity contribution in [2.75, 3.05) is 47.9 Å². The molecular weight excluding hydrogens is 451 g/mol. The van der Waals surface area contributed by atoms with Gasteiger partial charge in [-0.3, -0.25) is 9.79 Å². The first-order valence-corrected chi connectivity index (χ1v) is 13.2. The first kappa shape index (κ1) is 21.3. The normalized spacial score (nSPS) is 24.2. The van der Waals surface area contributed by atoms with Crippen molar-refractivity contribution >= 4 is 44.0 Å². The van der Waals surface area contributed by atoms with Gasteiger partial charge in [0.25, 0.3) is 5.91 Å². The summed E-state index contributed by atoms with van der Waals surface area (Å²) < 4.78 is 37.5. The average molecular weight is 475 g/mol. The molecule has 7 nitrogen and oxygen atoms in total. The molecule has 1 N–H and O–H groups in total. The number of amides is 1. The number of para-hydroxylation sites is 1. The molecule has 0 aliphatic carbocycles. The van der Waals surface area contributed by atoms with Gasteiger partial charge in [-0.15, -0.1) is 0 Å². The lowest BCUT2D eigenvalue weighted by molar-refractivity contribution is 0.0746. The van der Waals surface area contributed by atoms with E-state index in [4.69, 9.17) is 0 Å². The van der Waals surface area contributed by atoms with E-state index in [0.29, 0.717) is 42.6 Å². The van der Waals surface area contributed by atoms with E-state index in [1.807, 2.05) is 23.1 Å². The molecule has 2 saturated heterocycles. The summed E-state index contributed by atoms with van der Waals surface area (Å²) in [5.74, 6) is -0.0481. The molecule has 32 heavy (non-hydrogen) atoms. The predicted molar refractivity (Wildman–Crippen MR) is 126 cm³/mol. The zero-order valence-electron chi connectivity index (χ0n) is 17.3. The maximum Gasteiger partial charge on any atom is 0.254 e. The number of thioether (sulfide) groups is 1. The molecule has 0 saturated carbocycles. The molecule has 2 aromatic rings. The molecule has 2 atom stereocenters. The Hall–Kier alpha value is -2.59. The Labute approximate surface area is 190 Å². The fourth-order valence-corrected chi connectivity index (χ4v) is 7.99. The van der Waals surface area contributed by atoms with Crippen molar-refractivity contribution in [3.05, 3.63) is 59.9 Å². The number of hydrogen-bond acceptors (Lipinski definition) is 7. The van der Waals surface area contributed by atoms with Crippen molar-refractivity contribution in [3.8, 4) is 0 Å². The van der Waals surface area contributed by atoms with Gasteiger partial charge >= 0.3 is 0 Å². The van der Waals surface area contributed by atoms with Crippen LogP contribution in [0.5, 0.6) is 0 Å². The molecule has 5 rings (SSSR count). The zero-order valence-corrected chi connectivity index (χ0v) is 18.9. The average Bonchev–Trinajstić information content (AvgIpc) is 3.26. The van der Waals surface area contributed by atoms with Crippen molar-refractivity contribution in [3.63, 3.8) is 0 Å². The number of benzene rings is 2. The van der Waals surface area contributed by atoms with Crippen LogP contribution in [0.4, 0.5) is 15.8 Å². The number of nitrogens with one attached hydrogen (secondary N) is 1. The van der Waals surface area contributed by atoms with Crippen molar-refractivity contribution in [1.82, 2.24) is 4.90 Å². The third kappa shape index (κ3) is 4.33. The standard InChI is InChI=1S/C22H23FN4O3S2/c23-17-6-1-2-7-19(17)26-8-10-27(11-9-26)21(28)15-4-3-5-16(12-15)24-22-25-18-13-32(29,30)14-20(18)31-22/h1-7,12,18,20H,8-11,13-14H2,(H,24,25)/t18-,20-/m0/s1. The van der Waals surface area contributed by atoms with Crippen LogP contribution in [0.1, 0.15) is 10.4 Å². The summed E-state index contributed by atoms with van der Waals surface area (Å²) in [5.41, 5.74) is 1.88. The summed E-state index contributed by atoms with van der Waals surface area (Å²) in [6, 6.07) is 13.7. The first-order valence-electron chi connectivity index (χ1n) is 10.5. The van der Waals surface area contributed by atoms with Crippen LogP contribution in [0.15, 0.2) is 53.5 Å². The Morgan fingerprint density at radius 1 is 1.06 bits per heavy atom. The molecule has 2 aromatic carbocycles. The predicted octanol–water partition coefficient (Wildman–Crippen LogP) is 2.47. The molecule has 0 bridgehead atoms. The number of nitrogens with zero attached hydrogens (tertiary/aromatic N) is 3. The molecule has 0 unspecified atom stereocenters. The third-order valence-electron chi connectivity index (χ3n) is 5.94. The maximum absolute atomic E-state index is 14.0. The summed E-state index contributed by atoms with van der Waals surface area (Å²) in [6.07, 6.45) is 0. The lowest BCUT2D eigenvalue weighted by atomic mass is 10.1. The number of aliphatic imine (C=N–C) groups is 1. The Morgan fingerprint density at radius 3 is 2.59 bits per heavy atom. The molecule has 3 heterocycles. The monoisotopic (exact) mass is 474 g/mol. The van der Waals surface area contributed by atoms with Gasteiger partial charge in [-0.25, -0.2) is 12.8 Å². The van der Waals surface area contributed by atoms with Gasteiger partial charge in [0.15, 0.2) is 15.0 Å². The summed E-state index contributed by atoms with van der Waals surface area (Å²) in [7, 11) is -2.99. The van der Waals surface area contributed by atoms with Crippen LogP contribution in [0.2, 0.25) is 0 Å². The largest absolute Gasteiger partial charge is 0.366 e. The number of sulfone groups is 1. The molecule has 2 fully saturated rings. The molecule has 3 aliphatic rings. The second-order valence-corrected chi connectivity index (χ2v) is 11.6. The van der Waals surface area contributed by atoms with Crippen LogP contribution in [-0.2, 0) is 9.84 Å². The number of amidine groups is 1. The van der Waals surface area contributed by atoms with E-state index in [0.717, 1.165) is 5.69 Å². The molecular formula is C22H23FN4O3S2. The van der Waals surface area contributed by atoms with E-state index < -0.39 is 9.84 Å². The van der Waals surface area contributed by atoms with Crippen molar-refractivity contribution in [1.29, 1.82) is 0 Å². The van der Waals surface area contributed by atoms with Gasteiger partial charge in [0.1, 0.15) is 5.82 Å². The Bertz CT molecular complexity index is 1180. The number of hydrogen-bond donors (Lipinski definition) is 1. The van der Waals surface area contributed by atoms with Gasteiger partial charge in [-0.1, -0.05) is 30.0 Å². The molecule has 10 heteroatoms. The van der Waals surface area contributed by atoms with Crippen LogP contribution in [0.25, 0.3) is 0 Å². The van der Waals surface area contributed by atoms with Crippen molar-refractivity contribution < 1.29 is 17.6 Å². The van der Waals surface area contributed by atoms with Crippen molar-refractivity contribution in [2.24, 2.45) is 4.99 Å². The fraction of sp³-hybridized carbons (Fsp3) is 0.364. The highest BCUT2D eigenvalue weighted by Gasteiger charge is 2.42. The molecule has 1 amide bonds. The third-order valence-corrected chi connectivity index (χ3v) is 9.08. The summed E-state index contributed by atoms with van der Waals surface area (Å²) in [5, 5.41) is 3.89. The molecule has 0 spiro atoms. The summed E-state index contributed by atoms with van der Waals surface area (Å²) in [4.78, 5) is 21.3. The highest BCUT2D eigenvalue weighted by Crippen LogP contribution is 2.34. The number of rotatable bonds is 3. The fourth-order valence-electron chi connectivity index (χ4n) is 4.31. The van der Waals surface area contributed by atoms with E-state index in [1.54, 1.807) is 29.2 Å². The smallest absolute Gasteiger partial charge is 0.254 e. The number of carbonyl (C=O) groups is 1. The van der Waals surface area contributed by atoms with Gasteiger partial charge in [0.05, 0.1) is 23.2 Å².